The van der Waals surface area contributed by atoms with Crippen LogP contribution >= 0.6 is 23.2 Å². The molecule has 0 unspecified atom stereocenters. The number of carbonyl (C=O) groups is 6. The molecule has 1 saturated heterocycles. The van der Waals surface area contributed by atoms with Crippen molar-refractivity contribution >= 4 is 64.6 Å². The summed E-state index contributed by atoms with van der Waals surface area (Å²) in [6.45, 7) is 22.5. The highest BCUT2D eigenvalue weighted by molar-refractivity contribution is 6.30. The maximum Gasteiger partial charge on any atom is 0.326 e. The van der Waals surface area contributed by atoms with Crippen LogP contribution in [0, 0.1) is 5.41 Å². The second-order valence-electron chi connectivity index (χ2n) is 26.8. The number of nitrogens with zero attached hydrogens (tertiary/aromatic N) is 5. The van der Waals surface area contributed by atoms with E-state index >= 15 is 4.79 Å². The zero-order valence-electron chi connectivity index (χ0n) is 54.6. The van der Waals surface area contributed by atoms with Crippen molar-refractivity contribution in [2.45, 2.75) is 149 Å². The van der Waals surface area contributed by atoms with E-state index in [1.807, 2.05) is 121 Å². The van der Waals surface area contributed by atoms with Gasteiger partial charge >= 0.3 is 6.03 Å². The molecule has 3 heterocycles. The van der Waals surface area contributed by atoms with Crippen molar-refractivity contribution in [3.8, 4) is 11.5 Å². The van der Waals surface area contributed by atoms with Gasteiger partial charge in [0.05, 0.1) is 30.8 Å². The van der Waals surface area contributed by atoms with E-state index in [2.05, 4.69) is 79.4 Å². The molecule has 20 heteroatoms. The number of piperazine rings is 1. The van der Waals surface area contributed by atoms with Crippen molar-refractivity contribution in [1.82, 2.24) is 46.2 Å². The largest absolute Gasteiger partial charge is 0.493 e. The molecule has 5 aromatic carbocycles. The number of amides is 7. The summed E-state index contributed by atoms with van der Waals surface area (Å²) in [6, 6.07) is 32.1. The molecular formula is C71H90Cl2N10O8. The smallest absolute Gasteiger partial charge is 0.326 e. The fourth-order valence-electron chi connectivity index (χ4n) is 12.8. The minimum atomic E-state index is -1.09. The predicted molar refractivity (Wildman–Crippen MR) is 356 cm³/mol. The molecule has 6 atom stereocenters. The van der Waals surface area contributed by atoms with E-state index in [1.165, 1.54) is 5.56 Å². The number of ether oxygens (including phenoxy) is 2. The lowest BCUT2D eigenvalue weighted by molar-refractivity contribution is -0.147. The minimum Gasteiger partial charge on any atom is -0.493 e. The van der Waals surface area contributed by atoms with Crippen LogP contribution in [0.5, 0.6) is 11.5 Å². The molecule has 3 aliphatic heterocycles. The zero-order chi connectivity index (χ0) is 65.6. The molecule has 91 heavy (non-hydrogen) atoms. The number of carbonyl (C=O) groups excluding carboxylic acids is 6. The lowest BCUT2D eigenvalue weighted by atomic mass is 9.71. The molecule has 18 nitrogen and oxygen atoms in total. The van der Waals surface area contributed by atoms with Crippen molar-refractivity contribution in [1.29, 1.82) is 0 Å². The third kappa shape index (κ3) is 15.2. The van der Waals surface area contributed by atoms with E-state index in [0.717, 1.165) is 52.6 Å². The Morgan fingerprint density at radius 3 is 2.07 bits per heavy atom. The molecule has 1 fully saturated rings. The van der Waals surface area contributed by atoms with Gasteiger partial charge in [-0.1, -0.05) is 125 Å². The van der Waals surface area contributed by atoms with Gasteiger partial charge in [-0.15, -0.1) is 0 Å². The Kier molecular flexibility index (Phi) is 21.3. The Balaban J connectivity index is 0.795. The van der Waals surface area contributed by atoms with Gasteiger partial charge in [-0.3, -0.25) is 38.8 Å². The number of aryl methyl sites for hydroxylation is 1. The van der Waals surface area contributed by atoms with Gasteiger partial charge in [0.2, 0.25) is 23.6 Å². The highest BCUT2D eigenvalue weighted by atomic mass is 35.5. The van der Waals surface area contributed by atoms with Crippen LogP contribution in [0.3, 0.4) is 0 Å². The molecule has 0 aromatic heterocycles. The van der Waals surface area contributed by atoms with Crippen LogP contribution in [0.25, 0.3) is 0 Å². The summed E-state index contributed by atoms with van der Waals surface area (Å²) in [5.41, 5.74) is 4.40. The molecule has 5 N–H and O–H groups in total. The third-order valence-corrected chi connectivity index (χ3v) is 19.0. The van der Waals surface area contributed by atoms with Crippen LogP contribution in [-0.4, -0.2) is 145 Å². The van der Waals surface area contributed by atoms with Gasteiger partial charge < -0.3 is 45.9 Å². The van der Waals surface area contributed by atoms with Crippen molar-refractivity contribution in [2.75, 3.05) is 66.1 Å². The van der Waals surface area contributed by atoms with Crippen LogP contribution in [-0.2, 0) is 59.9 Å². The van der Waals surface area contributed by atoms with Gasteiger partial charge in [-0.25, -0.2) is 4.79 Å². The average molecular weight is 1280 g/mol. The normalized spacial score (nSPS) is 20.7. The molecule has 4 aliphatic rings. The van der Waals surface area contributed by atoms with Crippen molar-refractivity contribution in [3.63, 3.8) is 0 Å². The number of halogens is 2. The number of rotatable bonds is 20. The first-order valence-corrected chi connectivity index (χ1v) is 32.6. The first-order chi connectivity index (χ1) is 43.2. The number of hydrogen-bond acceptors (Lipinski definition) is 11. The number of amidine groups is 1. The number of aliphatic imine (C=N–C) groups is 1. The van der Waals surface area contributed by atoms with Gasteiger partial charge in [0.1, 0.15) is 40.5 Å². The summed E-state index contributed by atoms with van der Waals surface area (Å²) in [7, 11) is 1.68. The Hall–Kier alpha value is -7.51. The number of urea groups is 1. The van der Waals surface area contributed by atoms with Crippen LogP contribution in [0.1, 0.15) is 139 Å². The Morgan fingerprint density at radius 2 is 1.42 bits per heavy atom. The van der Waals surface area contributed by atoms with Crippen LogP contribution in [0.4, 0.5) is 4.79 Å². The lowest BCUT2D eigenvalue weighted by Crippen LogP contribution is -2.62. The molecule has 0 spiro atoms. The van der Waals surface area contributed by atoms with Gasteiger partial charge in [0.15, 0.2) is 6.61 Å². The summed E-state index contributed by atoms with van der Waals surface area (Å²) in [5, 5.41) is 16.2. The minimum absolute atomic E-state index is 0.0829. The second kappa shape index (κ2) is 28.6. The number of nitrogens with one attached hydrogen (secondary N) is 5. The van der Waals surface area contributed by atoms with E-state index in [-0.39, 0.29) is 73.1 Å². The maximum atomic E-state index is 15.6. The molecule has 0 bridgehead atoms. The van der Waals surface area contributed by atoms with Crippen LogP contribution in [0.15, 0.2) is 114 Å². The van der Waals surface area contributed by atoms with Crippen LogP contribution in [0.2, 0.25) is 10.0 Å². The van der Waals surface area contributed by atoms with Crippen molar-refractivity contribution in [3.05, 3.63) is 164 Å². The molecule has 7 amide bonds. The van der Waals surface area contributed by atoms with Gasteiger partial charge in [-0.2, -0.15) is 0 Å². The maximum absolute atomic E-state index is 15.6. The summed E-state index contributed by atoms with van der Waals surface area (Å²) in [4.78, 5) is 97.5. The highest BCUT2D eigenvalue weighted by Gasteiger charge is 2.60. The zero-order valence-corrected chi connectivity index (χ0v) is 56.1. The van der Waals surface area contributed by atoms with E-state index in [0.29, 0.717) is 85.2 Å². The van der Waals surface area contributed by atoms with Gasteiger partial charge in [0.25, 0.3) is 5.91 Å². The SMILES string of the molecule is CCOc1cc(C(C)(C)C)ccc1C1=N[C@](C)(c2ccc(Cl)cc2)[C@](C)(c2ccc(Cl)cc2)N1C(=O)N1CCN(CC(=O)NCCCNC(=O)COc2ccc3c(c2)CN(C(=O)[C@H](NC(=O)[C@@H](C)NC)C(C)(C)C)[C@@H](C(=O)N[C@H]2CCCc4ccccc42)C3)CC1. The quantitative estimate of drug-likeness (QED) is 0.0467. The fourth-order valence-corrected chi connectivity index (χ4v) is 13.0. The first-order valence-electron chi connectivity index (χ1n) is 31.9. The van der Waals surface area contributed by atoms with E-state index in [9.17, 15) is 24.0 Å². The summed E-state index contributed by atoms with van der Waals surface area (Å²) >= 11 is 13.0. The molecule has 0 saturated carbocycles. The van der Waals surface area contributed by atoms with E-state index in [1.54, 1.807) is 31.0 Å². The van der Waals surface area contributed by atoms with E-state index in [4.69, 9.17) is 37.7 Å². The molecule has 486 valence electrons. The number of hydrogen-bond donors (Lipinski definition) is 5. The lowest BCUT2D eigenvalue weighted by Gasteiger charge is -2.47. The van der Waals surface area contributed by atoms with Crippen LogP contribution < -0.4 is 36.1 Å². The average Bonchev–Trinajstić information content (AvgIpc) is 1.55. The standard InChI is InChI=1S/C71H90Cl2N10O8/c1-12-90-59-41-51(68(3,4)5)26-32-56(59)63-79-70(9,49-22-27-52(72)28-23-49)71(10,50-24-29-53(73)30-25-50)83(63)67(89)81-37-35-80(36-38-81)43-60(84)75-33-16-34-76-61(85)44-91-54-31-21-47-40-58(65(87)77-57-20-15-18-46-17-13-14-19-55(46)57)82(42-48(47)39-54)66(88)62(69(6,7)8)78-64(86)45(2)74-11/h13-14,17,19,21-32,39,41,45,57-58,62,74H,12,15-16,18,20,33-38,40,42-44H2,1-11H3,(H,75,84)(H,76,85)(H,77,87)(H,78,86)/t45-,57+,58-,62+,70-,71+/m1/s1. The highest BCUT2D eigenvalue weighted by Crippen LogP contribution is 2.54. The summed E-state index contributed by atoms with van der Waals surface area (Å²) in [5.74, 6) is 0.0374. The molecule has 0 radical (unpaired) electrons. The monoisotopic (exact) mass is 1280 g/mol. The van der Waals surface area contributed by atoms with Crippen molar-refractivity contribution < 1.29 is 38.2 Å². The molecule has 9 rings (SSSR count). The number of fused-ring (bicyclic) bond motifs is 2. The number of benzene rings is 5. The van der Waals surface area contributed by atoms with Crippen molar-refractivity contribution in [2.24, 2.45) is 10.4 Å². The fraction of sp³-hybridized carbons (Fsp3) is 0.479. The molecular weight excluding hydrogens is 1190 g/mol. The summed E-state index contributed by atoms with van der Waals surface area (Å²) < 4.78 is 12.4. The molecule has 5 aromatic rings. The molecule has 1 aliphatic carbocycles. The topological polar surface area (TPSA) is 206 Å². The number of likely N-dealkylation sites (N-methyl/N-ethyl adjacent to an activating group) is 1. The van der Waals surface area contributed by atoms with Gasteiger partial charge in [-0.05, 0) is 159 Å². The predicted octanol–water partition coefficient (Wildman–Crippen LogP) is 9.61. The van der Waals surface area contributed by atoms with Gasteiger partial charge in [0, 0.05) is 62.3 Å². The Labute approximate surface area is 546 Å². The Bertz CT molecular complexity index is 3510. The third-order valence-electron chi connectivity index (χ3n) is 18.5. The second-order valence-corrected chi connectivity index (χ2v) is 27.7. The Morgan fingerprint density at radius 1 is 0.758 bits per heavy atom. The first kappa shape index (κ1) is 67.9. The van der Waals surface area contributed by atoms with E-state index < -0.39 is 34.6 Å². The summed E-state index contributed by atoms with van der Waals surface area (Å²) in [6.07, 6.45) is 3.37.